The Morgan fingerprint density at radius 2 is 2.04 bits per heavy atom. The fourth-order valence-corrected chi connectivity index (χ4v) is 2.63. The fourth-order valence-electron chi connectivity index (χ4n) is 2.39. The van der Waals surface area contributed by atoms with Crippen LogP contribution in [-0.2, 0) is 6.54 Å². The van der Waals surface area contributed by atoms with Gasteiger partial charge in [0.25, 0.3) is 0 Å². The molecule has 0 atom stereocenters. The van der Waals surface area contributed by atoms with E-state index < -0.39 is 0 Å². The van der Waals surface area contributed by atoms with E-state index in [2.05, 4.69) is 39.1 Å². The number of ether oxygens (including phenoxy) is 1. The first-order valence-corrected chi connectivity index (χ1v) is 9.16. The molecule has 0 amide bonds. The Hall–Kier alpha value is -2.73. The minimum Gasteiger partial charge on any atom is -0.476 e. The lowest BCUT2D eigenvalue weighted by molar-refractivity contribution is 0.261. The maximum atomic E-state index is 6.28. The van der Waals surface area contributed by atoms with Gasteiger partial charge in [0.15, 0.2) is 5.82 Å². The maximum Gasteiger partial charge on any atom is 0.232 e. The first kappa shape index (κ1) is 19.0. The van der Waals surface area contributed by atoms with Crippen LogP contribution in [0.3, 0.4) is 0 Å². The fraction of sp³-hybridized carbons (Fsp3) is 0.300. The zero-order chi connectivity index (χ0) is 19.2. The van der Waals surface area contributed by atoms with Crippen LogP contribution in [-0.4, -0.2) is 26.5 Å². The summed E-state index contributed by atoms with van der Waals surface area (Å²) in [5.74, 6) is 2.25. The Morgan fingerprint density at radius 3 is 2.74 bits per heavy atom. The molecule has 140 valence electrons. The lowest BCUT2D eigenvalue weighted by Crippen LogP contribution is -2.07. The van der Waals surface area contributed by atoms with E-state index in [9.17, 15) is 0 Å². The van der Waals surface area contributed by atoms with Gasteiger partial charge in [-0.3, -0.25) is 4.98 Å². The van der Waals surface area contributed by atoms with Crippen LogP contribution in [0.4, 0.5) is 5.82 Å². The highest BCUT2D eigenvalue weighted by Gasteiger charge is 2.08. The molecule has 3 aromatic heterocycles. The van der Waals surface area contributed by atoms with E-state index >= 15 is 0 Å². The Balaban J connectivity index is 1.70. The highest BCUT2D eigenvalue weighted by molar-refractivity contribution is 6.31. The van der Waals surface area contributed by atoms with Crippen molar-refractivity contribution in [1.29, 1.82) is 0 Å². The SMILES string of the molecule is Cc1cc(NCc2cnc(OCC(C)C)c(Cl)c2)nc(-c2cccnc2)n1. The van der Waals surface area contributed by atoms with E-state index in [4.69, 9.17) is 16.3 Å². The average Bonchev–Trinajstić information content (AvgIpc) is 2.66. The maximum absolute atomic E-state index is 6.28. The van der Waals surface area contributed by atoms with Crippen molar-refractivity contribution < 1.29 is 4.74 Å². The number of aryl methyl sites for hydroxylation is 1. The van der Waals surface area contributed by atoms with Crippen LogP contribution in [0.2, 0.25) is 5.02 Å². The third kappa shape index (κ3) is 5.37. The molecule has 0 bridgehead atoms. The second-order valence-electron chi connectivity index (χ2n) is 6.65. The van der Waals surface area contributed by atoms with Gasteiger partial charge >= 0.3 is 0 Å². The van der Waals surface area contributed by atoms with Gasteiger partial charge in [-0.15, -0.1) is 0 Å². The molecule has 0 saturated carbocycles. The lowest BCUT2D eigenvalue weighted by Gasteiger charge is -2.11. The van der Waals surface area contributed by atoms with Crippen molar-refractivity contribution in [1.82, 2.24) is 19.9 Å². The van der Waals surface area contributed by atoms with E-state index in [1.807, 2.05) is 31.2 Å². The molecule has 3 aromatic rings. The third-order valence-electron chi connectivity index (χ3n) is 3.67. The summed E-state index contributed by atoms with van der Waals surface area (Å²) in [7, 11) is 0. The zero-order valence-electron chi connectivity index (χ0n) is 15.6. The predicted octanol–water partition coefficient (Wildman–Crippen LogP) is 4.54. The summed E-state index contributed by atoms with van der Waals surface area (Å²) in [6.45, 7) is 7.22. The molecule has 0 aliphatic carbocycles. The highest BCUT2D eigenvalue weighted by atomic mass is 35.5. The molecule has 0 saturated heterocycles. The molecule has 0 aliphatic rings. The number of aromatic nitrogens is 4. The molecule has 0 fully saturated rings. The standard InChI is InChI=1S/C20H22ClN5O/c1-13(2)12-27-20-17(21)8-15(10-24-20)9-23-18-7-14(3)25-19(26-18)16-5-4-6-22-11-16/h4-8,10-11,13H,9,12H2,1-3H3,(H,23,25,26). The van der Waals surface area contributed by atoms with Crippen molar-refractivity contribution in [3.8, 4) is 17.3 Å². The summed E-state index contributed by atoms with van der Waals surface area (Å²) in [5.41, 5.74) is 2.69. The summed E-state index contributed by atoms with van der Waals surface area (Å²) in [5, 5.41) is 3.80. The van der Waals surface area contributed by atoms with Gasteiger partial charge in [-0.1, -0.05) is 25.4 Å². The van der Waals surface area contributed by atoms with Crippen molar-refractivity contribution in [3.63, 3.8) is 0 Å². The van der Waals surface area contributed by atoms with Gasteiger partial charge in [0.1, 0.15) is 10.8 Å². The average molecular weight is 384 g/mol. The van der Waals surface area contributed by atoms with Crippen LogP contribution < -0.4 is 10.1 Å². The molecule has 0 spiro atoms. The predicted molar refractivity (Wildman–Crippen MR) is 107 cm³/mol. The normalized spacial score (nSPS) is 10.9. The molecule has 6 nitrogen and oxygen atoms in total. The van der Waals surface area contributed by atoms with E-state index in [1.54, 1.807) is 18.6 Å². The number of nitrogens with one attached hydrogen (secondary N) is 1. The molecule has 0 unspecified atom stereocenters. The van der Waals surface area contributed by atoms with Crippen molar-refractivity contribution in [2.75, 3.05) is 11.9 Å². The van der Waals surface area contributed by atoms with Crippen LogP contribution >= 0.6 is 11.6 Å². The van der Waals surface area contributed by atoms with Crippen molar-refractivity contribution >= 4 is 17.4 Å². The molecule has 27 heavy (non-hydrogen) atoms. The van der Waals surface area contributed by atoms with Gasteiger partial charge in [0.05, 0.1) is 6.61 Å². The minimum absolute atomic E-state index is 0.416. The van der Waals surface area contributed by atoms with Crippen molar-refractivity contribution in [2.45, 2.75) is 27.3 Å². The lowest BCUT2D eigenvalue weighted by atomic mass is 10.2. The summed E-state index contributed by atoms with van der Waals surface area (Å²) in [6.07, 6.45) is 5.23. The van der Waals surface area contributed by atoms with Crippen LogP contribution in [0.15, 0.2) is 42.9 Å². The molecule has 7 heteroatoms. The minimum atomic E-state index is 0.416. The zero-order valence-corrected chi connectivity index (χ0v) is 16.4. The van der Waals surface area contributed by atoms with Gasteiger partial charge in [0.2, 0.25) is 5.88 Å². The first-order chi connectivity index (χ1) is 13.0. The van der Waals surface area contributed by atoms with Gasteiger partial charge in [0, 0.05) is 42.5 Å². The number of nitrogens with zero attached hydrogens (tertiary/aromatic N) is 4. The molecular formula is C20H22ClN5O. The summed E-state index contributed by atoms with van der Waals surface area (Å²) in [6, 6.07) is 7.55. The van der Waals surface area contributed by atoms with Gasteiger partial charge in [-0.25, -0.2) is 15.0 Å². The molecule has 3 heterocycles. The van der Waals surface area contributed by atoms with Crippen LogP contribution in [0.5, 0.6) is 5.88 Å². The van der Waals surface area contributed by atoms with Crippen LogP contribution in [0.1, 0.15) is 25.1 Å². The summed E-state index contributed by atoms with van der Waals surface area (Å²) < 4.78 is 5.61. The van der Waals surface area contributed by atoms with Crippen LogP contribution in [0, 0.1) is 12.8 Å². The number of halogens is 1. The largest absolute Gasteiger partial charge is 0.476 e. The highest BCUT2D eigenvalue weighted by Crippen LogP contribution is 2.23. The van der Waals surface area contributed by atoms with Gasteiger partial charge in [-0.2, -0.15) is 0 Å². The molecule has 3 rings (SSSR count). The molecule has 0 radical (unpaired) electrons. The van der Waals surface area contributed by atoms with Crippen LogP contribution in [0.25, 0.3) is 11.4 Å². The number of pyridine rings is 2. The summed E-state index contributed by atoms with van der Waals surface area (Å²) in [4.78, 5) is 17.5. The second kappa shape index (κ2) is 8.77. The Bertz CT molecular complexity index is 902. The van der Waals surface area contributed by atoms with Crippen molar-refractivity contribution in [2.24, 2.45) is 5.92 Å². The van der Waals surface area contributed by atoms with E-state index in [1.165, 1.54) is 0 Å². The second-order valence-corrected chi connectivity index (χ2v) is 7.06. The Morgan fingerprint density at radius 1 is 1.19 bits per heavy atom. The van der Waals surface area contributed by atoms with Gasteiger partial charge < -0.3 is 10.1 Å². The Labute approximate surface area is 164 Å². The number of hydrogen-bond acceptors (Lipinski definition) is 6. The monoisotopic (exact) mass is 383 g/mol. The molecular weight excluding hydrogens is 362 g/mol. The molecule has 1 N–H and O–H groups in total. The number of hydrogen-bond donors (Lipinski definition) is 1. The van der Waals surface area contributed by atoms with E-state index in [-0.39, 0.29) is 0 Å². The van der Waals surface area contributed by atoms with Crippen molar-refractivity contribution in [3.05, 3.63) is 59.1 Å². The molecule has 0 aliphatic heterocycles. The summed E-state index contributed by atoms with van der Waals surface area (Å²) >= 11 is 6.28. The number of anilines is 1. The molecule has 0 aromatic carbocycles. The van der Waals surface area contributed by atoms with E-state index in [0.717, 1.165) is 22.6 Å². The third-order valence-corrected chi connectivity index (χ3v) is 3.94. The van der Waals surface area contributed by atoms with E-state index in [0.29, 0.717) is 35.8 Å². The quantitative estimate of drug-likeness (QED) is 0.645. The smallest absolute Gasteiger partial charge is 0.232 e. The Kier molecular flexibility index (Phi) is 6.19. The first-order valence-electron chi connectivity index (χ1n) is 8.78. The topological polar surface area (TPSA) is 72.8 Å². The van der Waals surface area contributed by atoms with Gasteiger partial charge in [-0.05, 0) is 36.6 Å². The number of rotatable bonds is 7.